The molecule has 1 atom stereocenters. The van der Waals surface area contributed by atoms with E-state index in [0.717, 1.165) is 0 Å². The lowest BCUT2D eigenvalue weighted by Crippen LogP contribution is -2.33. The first kappa shape index (κ1) is 23.2. The van der Waals surface area contributed by atoms with E-state index in [1.54, 1.807) is 37.3 Å². The number of hydrazone groups is 1. The maximum absolute atomic E-state index is 13.7. The summed E-state index contributed by atoms with van der Waals surface area (Å²) in [5.74, 6) is -1.38. The van der Waals surface area contributed by atoms with Gasteiger partial charge < -0.3 is 9.47 Å². The molecule has 0 aliphatic rings. The Bertz CT molecular complexity index is 1150. The highest BCUT2D eigenvalue weighted by atomic mass is 35.5. The predicted molar refractivity (Wildman–Crippen MR) is 120 cm³/mol. The number of ether oxygens (including phenoxy) is 2. The van der Waals surface area contributed by atoms with Gasteiger partial charge in [0.25, 0.3) is 5.91 Å². The van der Waals surface area contributed by atoms with Crippen molar-refractivity contribution >= 4 is 41.3 Å². The van der Waals surface area contributed by atoms with Crippen LogP contribution in [-0.2, 0) is 4.79 Å². The smallest absolute Gasteiger partial charge is 0.346 e. The molecule has 0 spiro atoms. The average Bonchev–Trinajstić information content (AvgIpc) is 2.77. The van der Waals surface area contributed by atoms with Crippen LogP contribution in [0.15, 0.2) is 71.8 Å². The molecule has 0 radical (unpaired) electrons. The van der Waals surface area contributed by atoms with E-state index in [1.807, 2.05) is 0 Å². The van der Waals surface area contributed by atoms with Crippen molar-refractivity contribution in [3.63, 3.8) is 0 Å². The number of rotatable bonds is 7. The molecule has 0 aliphatic carbocycles. The fourth-order valence-electron chi connectivity index (χ4n) is 2.49. The van der Waals surface area contributed by atoms with Crippen LogP contribution < -0.4 is 14.9 Å². The molecule has 9 heteroatoms. The molecule has 0 saturated heterocycles. The van der Waals surface area contributed by atoms with Gasteiger partial charge in [0, 0.05) is 5.02 Å². The maximum atomic E-state index is 13.7. The van der Waals surface area contributed by atoms with Gasteiger partial charge in [-0.2, -0.15) is 5.10 Å². The van der Waals surface area contributed by atoms with Gasteiger partial charge in [0.1, 0.15) is 17.3 Å². The second-order valence-corrected chi connectivity index (χ2v) is 7.35. The number of nitrogens with one attached hydrogen (secondary N) is 1. The van der Waals surface area contributed by atoms with E-state index in [9.17, 15) is 14.0 Å². The molecule has 0 saturated carbocycles. The van der Waals surface area contributed by atoms with Crippen molar-refractivity contribution in [2.75, 3.05) is 0 Å². The number of hydrogen-bond acceptors (Lipinski definition) is 5. The SMILES string of the molecule is CC(Oc1ccc(Cl)cc1Cl)C(=O)NN=Cc1ccc(OC(=O)c2ccccc2F)cc1. The van der Waals surface area contributed by atoms with Gasteiger partial charge >= 0.3 is 5.97 Å². The van der Waals surface area contributed by atoms with Crippen LogP contribution in [-0.4, -0.2) is 24.2 Å². The summed E-state index contributed by atoms with van der Waals surface area (Å²) in [7, 11) is 0. The Kier molecular flexibility index (Phi) is 7.81. The number of carbonyl (C=O) groups excluding carboxylic acids is 2. The van der Waals surface area contributed by atoms with Crippen molar-refractivity contribution in [1.29, 1.82) is 0 Å². The van der Waals surface area contributed by atoms with Gasteiger partial charge in [0.05, 0.1) is 16.8 Å². The number of nitrogens with zero attached hydrogens (tertiary/aromatic N) is 1. The Balaban J connectivity index is 1.52. The van der Waals surface area contributed by atoms with Crippen LogP contribution in [0.3, 0.4) is 0 Å². The lowest BCUT2D eigenvalue weighted by Gasteiger charge is -2.14. The molecule has 3 aromatic rings. The normalized spacial score (nSPS) is 11.8. The molecule has 0 aliphatic heterocycles. The number of carbonyl (C=O) groups is 2. The minimum Gasteiger partial charge on any atom is -0.479 e. The van der Waals surface area contributed by atoms with Crippen LogP contribution in [0.2, 0.25) is 10.0 Å². The first-order chi connectivity index (χ1) is 15.3. The standard InChI is InChI=1S/C23H17Cl2FN2O4/c1-14(31-21-11-8-16(24)12-19(21)25)22(29)28-27-13-15-6-9-17(10-7-15)32-23(30)18-4-2-3-5-20(18)26/h2-14H,1H3,(H,28,29). The number of esters is 1. The number of amides is 1. The number of benzene rings is 3. The summed E-state index contributed by atoms with van der Waals surface area (Å²) >= 11 is 11.9. The Morgan fingerprint density at radius 3 is 2.47 bits per heavy atom. The lowest BCUT2D eigenvalue weighted by atomic mass is 10.2. The molecule has 1 unspecified atom stereocenters. The molecule has 0 heterocycles. The van der Waals surface area contributed by atoms with Crippen LogP contribution in [0.4, 0.5) is 4.39 Å². The maximum Gasteiger partial charge on any atom is 0.346 e. The zero-order chi connectivity index (χ0) is 23.1. The topological polar surface area (TPSA) is 77.0 Å². The zero-order valence-corrected chi connectivity index (χ0v) is 18.2. The van der Waals surface area contributed by atoms with Gasteiger partial charge in [-0.05, 0) is 67.1 Å². The Hall–Kier alpha value is -3.42. The summed E-state index contributed by atoms with van der Waals surface area (Å²) in [6.07, 6.45) is 0.550. The Morgan fingerprint density at radius 1 is 1.06 bits per heavy atom. The third-order valence-electron chi connectivity index (χ3n) is 4.14. The minimum atomic E-state index is -0.856. The molecular weight excluding hydrogens is 458 g/mol. The lowest BCUT2D eigenvalue weighted by molar-refractivity contribution is -0.127. The van der Waals surface area contributed by atoms with Gasteiger partial charge in [-0.3, -0.25) is 4.79 Å². The van der Waals surface area contributed by atoms with Gasteiger partial charge in [0.15, 0.2) is 6.10 Å². The Morgan fingerprint density at radius 2 is 1.78 bits per heavy atom. The van der Waals surface area contributed by atoms with Gasteiger partial charge in [-0.25, -0.2) is 14.6 Å². The van der Waals surface area contributed by atoms with Gasteiger partial charge in [-0.15, -0.1) is 0 Å². The van der Waals surface area contributed by atoms with Gasteiger partial charge in [-0.1, -0.05) is 35.3 Å². The van der Waals surface area contributed by atoms with Crippen molar-refractivity contribution in [2.24, 2.45) is 5.10 Å². The van der Waals surface area contributed by atoms with Crippen LogP contribution in [0, 0.1) is 5.82 Å². The molecule has 1 amide bonds. The summed E-state index contributed by atoms with van der Waals surface area (Å²) < 4.78 is 24.3. The minimum absolute atomic E-state index is 0.155. The predicted octanol–water partition coefficient (Wildman–Crippen LogP) is 5.27. The zero-order valence-electron chi connectivity index (χ0n) is 16.7. The third kappa shape index (κ3) is 6.29. The van der Waals surface area contributed by atoms with E-state index in [0.29, 0.717) is 16.3 Å². The fraction of sp³-hybridized carbons (Fsp3) is 0.0870. The van der Waals surface area contributed by atoms with E-state index in [-0.39, 0.29) is 16.3 Å². The average molecular weight is 475 g/mol. The quantitative estimate of drug-likeness (QED) is 0.219. The van der Waals surface area contributed by atoms with E-state index < -0.39 is 23.8 Å². The molecule has 0 bridgehead atoms. The van der Waals surface area contributed by atoms with E-state index in [1.165, 1.54) is 42.6 Å². The first-order valence-corrected chi connectivity index (χ1v) is 10.1. The molecule has 0 aromatic heterocycles. The highest BCUT2D eigenvalue weighted by Crippen LogP contribution is 2.28. The molecule has 0 fully saturated rings. The van der Waals surface area contributed by atoms with Crippen LogP contribution in [0.5, 0.6) is 11.5 Å². The first-order valence-electron chi connectivity index (χ1n) is 9.35. The van der Waals surface area contributed by atoms with Crippen LogP contribution in [0.25, 0.3) is 0 Å². The highest BCUT2D eigenvalue weighted by molar-refractivity contribution is 6.35. The van der Waals surface area contributed by atoms with Crippen molar-refractivity contribution in [3.8, 4) is 11.5 Å². The molecular formula is C23H17Cl2FN2O4. The summed E-state index contributed by atoms with van der Waals surface area (Å²) in [6, 6.07) is 16.5. The second kappa shape index (κ2) is 10.7. The number of halogens is 3. The largest absolute Gasteiger partial charge is 0.479 e. The summed E-state index contributed by atoms with van der Waals surface area (Å²) in [6.45, 7) is 1.55. The van der Waals surface area contributed by atoms with Crippen LogP contribution >= 0.6 is 23.2 Å². The monoisotopic (exact) mass is 474 g/mol. The highest BCUT2D eigenvalue weighted by Gasteiger charge is 2.16. The molecule has 32 heavy (non-hydrogen) atoms. The molecule has 1 N–H and O–H groups in total. The van der Waals surface area contributed by atoms with E-state index in [4.69, 9.17) is 32.7 Å². The van der Waals surface area contributed by atoms with Crippen molar-refractivity contribution < 1.29 is 23.5 Å². The number of hydrogen-bond donors (Lipinski definition) is 1. The fourth-order valence-corrected chi connectivity index (χ4v) is 2.94. The third-order valence-corrected chi connectivity index (χ3v) is 4.67. The second-order valence-electron chi connectivity index (χ2n) is 6.51. The van der Waals surface area contributed by atoms with Crippen molar-refractivity contribution in [2.45, 2.75) is 13.0 Å². The summed E-state index contributed by atoms with van der Waals surface area (Å²) in [5.41, 5.74) is 2.84. The van der Waals surface area contributed by atoms with Crippen LogP contribution in [0.1, 0.15) is 22.8 Å². The van der Waals surface area contributed by atoms with Crippen molar-refractivity contribution in [3.05, 3.63) is 93.7 Å². The van der Waals surface area contributed by atoms with Crippen molar-refractivity contribution in [1.82, 2.24) is 5.43 Å². The van der Waals surface area contributed by atoms with E-state index >= 15 is 0 Å². The summed E-state index contributed by atoms with van der Waals surface area (Å²) in [4.78, 5) is 24.2. The molecule has 3 aromatic carbocycles. The molecule has 164 valence electrons. The van der Waals surface area contributed by atoms with Gasteiger partial charge in [0.2, 0.25) is 0 Å². The summed E-state index contributed by atoms with van der Waals surface area (Å²) in [5, 5.41) is 4.62. The Labute approximate surface area is 193 Å². The van der Waals surface area contributed by atoms with E-state index in [2.05, 4.69) is 10.5 Å². The molecule has 6 nitrogen and oxygen atoms in total. The molecule has 3 rings (SSSR count).